The van der Waals surface area contributed by atoms with Gasteiger partial charge in [-0.1, -0.05) is 48.2 Å². The van der Waals surface area contributed by atoms with Crippen LogP contribution in [0.1, 0.15) is 41.1 Å². The van der Waals surface area contributed by atoms with Crippen molar-refractivity contribution in [2.75, 3.05) is 5.32 Å². The van der Waals surface area contributed by atoms with Crippen molar-refractivity contribution < 1.29 is 18.0 Å². The van der Waals surface area contributed by atoms with Crippen molar-refractivity contribution in [3.63, 3.8) is 0 Å². The summed E-state index contributed by atoms with van der Waals surface area (Å²) >= 11 is 1.25. The summed E-state index contributed by atoms with van der Waals surface area (Å²) in [5.41, 5.74) is 0.0134. The van der Waals surface area contributed by atoms with Crippen molar-refractivity contribution in [3.05, 3.63) is 71.5 Å². The Morgan fingerprint density at radius 1 is 1.13 bits per heavy atom. The summed E-state index contributed by atoms with van der Waals surface area (Å²) in [6, 6.07) is 14.1. The van der Waals surface area contributed by atoms with Crippen LogP contribution in [0.15, 0.2) is 59.8 Å². The van der Waals surface area contributed by atoms with Crippen molar-refractivity contribution in [1.29, 1.82) is 0 Å². The van der Waals surface area contributed by atoms with Crippen LogP contribution in [0.2, 0.25) is 0 Å². The zero-order valence-corrected chi connectivity index (χ0v) is 16.9. The van der Waals surface area contributed by atoms with E-state index in [0.29, 0.717) is 11.2 Å². The first kappa shape index (κ1) is 20.5. The zero-order chi connectivity index (χ0) is 21.3. The molecule has 1 heterocycles. The molecule has 3 aromatic rings. The van der Waals surface area contributed by atoms with Gasteiger partial charge in [0.1, 0.15) is 11.1 Å². The average molecular weight is 432 g/mol. The van der Waals surface area contributed by atoms with Gasteiger partial charge in [-0.15, -0.1) is 10.2 Å². The van der Waals surface area contributed by atoms with Crippen LogP contribution in [-0.2, 0) is 11.0 Å². The molecular weight excluding hydrogens is 413 g/mol. The lowest BCUT2D eigenvalue weighted by Crippen LogP contribution is -2.20. The first-order chi connectivity index (χ1) is 14.3. The van der Waals surface area contributed by atoms with Gasteiger partial charge in [0.05, 0.1) is 5.56 Å². The molecule has 156 valence electrons. The number of halogens is 3. The first-order valence-electron chi connectivity index (χ1n) is 9.44. The summed E-state index contributed by atoms with van der Waals surface area (Å²) in [5, 5.41) is 10.9. The Bertz CT molecular complexity index is 1050. The summed E-state index contributed by atoms with van der Waals surface area (Å²) in [7, 11) is 0. The van der Waals surface area contributed by atoms with Gasteiger partial charge in [0.15, 0.2) is 5.16 Å². The summed E-state index contributed by atoms with van der Waals surface area (Å²) in [6.07, 6.45) is -2.40. The highest BCUT2D eigenvalue weighted by atomic mass is 32.2. The van der Waals surface area contributed by atoms with E-state index in [9.17, 15) is 18.0 Å². The van der Waals surface area contributed by atoms with Crippen LogP contribution in [0.5, 0.6) is 0 Å². The average Bonchev–Trinajstić information content (AvgIpc) is 3.48. The van der Waals surface area contributed by atoms with Crippen LogP contribution in [0.4, 0.5) is 18.9 Å². The Morgan fingerprint density at radius 2 is 1.87 bits per heavy atom. The first-order valence-corrected chi connectivity index (χ1v) is 10.3. The number of hydrogen-bond acceptors (Lipinski definition) is 4. The second-order valence-corrected chi connectivity index (χ2v) is 8.18. The number of thioether (sulfide) groups is 1. The van der Waals surface area contributed by atoms with Gasteiger partial charge in [0, 0.05) is 11.7 Å². The maximum atomic E-state index is 13.1. The van der Waals surface area contributed by atoms with Crippen molar-refractivity contribution >= 4 is 23.4 Å². The number of nitrogens with one attached hydrogen (secondary N) is 1. The summed E-state index contributed by atoms with van der Waals surface area (Å²) in [5.74, 6) is 0.360. The van der Waals surface area contributed by atoms with Crippen LogP contribution in [-0.4, -0.2) is 20.7 Å². The molecule has 5 nitrogen and oxygen atoms in total. The quantitative estimate of drug-likeness (QED) is 0.529. The van der Waals surface area contributed by atoms with Gasteiger partial charge in [0.25, 0.3) is 0 Å². The molecule has 1 aliphatic carbocycles. The van der Waals surface area contributed by atoms with Crippen LogP contribution >= 0.6 is 11.8 Å². The highest BCUT2D eigenvalue weighted by Gasteiger charge is 2.33. The largest absolute Gasteiger partial charge is 0.416 e. The third-order valence-electron chi connectivity index (χ3n) is 4.77. The van der Waals surface area contributed by atoms with Crippen molar-refractivity contribution in [2.24, 2.45) is 0 Å². The lowest BCUT2D eigenvalue weighted by Gasteiger charge is -2.18. The van der Waals surface area contributed by atoms with Crippen LogP contribution in [0.25, 0.3) is 0 Å². The van der Waals surface area contributed by atoms with Gasteiger partial charge in [-0.3, -0.25) is 4.79 Å². The van der Waals surface area contributed by atoms with Crippen LogP contribution in [0.3, 0.4) is 0 Å². The Hall–Kier alpha value is -2.81. The molecule has 2 aromatic carbocycles. The SMILES string of the molecule is Cc1nnc(SC(C(=O)Nc2cccc(C(F)(F)F)c2)c2ccccc2)n1C1CC1. The van der Waals surface area contributed by atoms with E-state index in [4.69, 9.17) is 0 Å². The molecule has 1 atom stereocenters. The number of rotatable bonds is 6. The second-order valence-electron chi connectivity index (χ2n) is 7.11. The molecule has 0 radical (unpaired) electrons. The predicted molar refractivity (Wildman–Crippen MR) is 108 cm³/mol. The normalized spacial score (nSPS) is 15.1. The van der Waals surface area contributed by atoms with E-state index < -0.39 is 22.9 Å². The molecule has 1 unspecified atom stereocenters. The van der Waals surface area contributed by atoms with E-state index in [1.165, 1.54) is 23.9 Å². The molecule has 0 saturated heterocycles. The van der Waals surface area contributed by atoms with Crippen molar-refractivity contribution in [3.8, 4) is 0 Å². The van der Waals surface area contributed by atoms with Crippen LogP contribution in [0, 0.1) is 6.92 Å². The molecule has 0 spiro atoms. The topological polar surface area (TPSA) is 59.8 Å². The number of nitrogens with zero attached hydrogens (tertiary/aromatic N) is 3. The monoisotopic (exact) mass is 432 g/mol. The Kier molecular flexibility index (Phi) is 5.55. The maximum absolute atomic E-state index is 13.1. The Labute approximate surface area is 175 Å². The number of anilines is 1. The van der Waals surface area contributed by atoms with E-state index in [2.05, 4.69) is 15.5 Å². The van der Waals surface area contributed by atoms with Crippen LogP contribution < -0.4 is 5.32 Å². The summed E-state index contributed by atoms with van der Waals surface area (Å²) in [6.45, 7) is 1.87. The standard InChI is InChI=1S/C21H19F3N4OS/c1-13-26-27-20(28(13)17-10-11-17)30-18(14-6-3-2-4-7-14)19(29)25-16-9-5-8-15(12-16)21(22,23)24/h2-9,12,17-18H,10-11H2,1H3,(H,25,29). The minimum Gasteiger partial charge on any atom is -0.325 e. The lowest BCUT2D eigenvalue weighted by molar-refractivity contribution is -0.137. The number of aromatic nitrogens is 3. The Balaban J connectivity index is 1.61. The number of carbonyl (C=O) groups excluding carboxylic acids is 1. The fraction of sp³-hybridized carbons (Fsp3) is 0.286. The number of benzene rings is 2. The second kappa shape index (κ2) is 8.14. The molecule has 1 amide bonds. The molecule has 30 heavy (non-hydrogen) atoms. The highest BCUT2D eigenvalue weighted by Crippen LogP contribution is 2.42. The van der Waals surface area contributed by atoms with Crippen molar-refractivity contribution in [1.82, 2.24) is 14.8 Å². The maximum Gasteiger partial charge on any atom is 0.416 e. The van der Waals surface area contributed by atoms with E-state index in [1.54, 1.807) is 0 Å². The number of carbonyl (C=O) groups is 1. The molecule has 1 aromatic heterocycles. The number of hydrogen-bond donors (Lipinski definition) is 1. The molecule has 1 saturated carbocycles. The molecule has 0 aliphatic heterocycles. The third-order valence-corrected chi connectivity index (χ3v) is 5.98. The number of amides is 1. The third kappa shape index (κ3) is 4.51. The van der Waals surface area contributed by atoms with Gasteiger partial charge in [-0.05, 0) is 43.5 Å². The number of alkyl halides is 3. The van der Waals surface area contributed by atoms with Gasteiger partial charge in [-0.25, -0.2) is 0 Å². The highest BCUT2D eigenvalue weighted by molar-refractivity contribution is 8.00. The molecule has 4 rings (SSSR count). The van der Waals surface area contributed by atoms with Gasteiger partial charge < -0.3 is 9.88 Å². The molecule has 1 N–H and O–H groups in total. The summed E-state index contributed by atoms with van der Waals surface area (Å²) < 4.78 is 41.1. The fourth-order valence-corrected chi connectivity index (χ4v) is 4.32. The predicted octanol–water partition coefficient (Wildman–Crippen LogP) is 5.41. The van der Waals surface area contributed by atoms with E-state index in [1.807, 2.05) is 41.8 Å². The molecular formula is C21H19F3N4OS. The lowest BCUT2D eigenvalue weighted by atomic mass is 10.1. The molecule has 0 bridgehead atoms. The Morgan fingerprint density at radius 3 is 2.53 bits per heavy atom. The molecule has 1 fully saturated rings. The summed E-state index contributed by atoms with van der Waals surface area (Å²) in [4.78, 5) is 13.1. The zero-order valence-electron chi connectivity index (χ0n) is 16.1. The molecule has 9 heteroatoms. The number of aryl methyl sites for hydroxylation is 1. The fourth-order valence-electron chi connectivity index (χ4n) is 3.17. The van der Waals surface area contributed by atoms with Gasteiger partial charge >= 0.3 is 6.18 Å². The van der Waals surface area contributed by atoms with E-state index in [0.717, 1.165) is 36.4 Å². The van der Waals surface area contributed by atoms with E-state index >= 15 is 0 Å². The van der Waals surface area contributed by atoms with E-state index in [-0.39, 0.29) is 5.69 Å². The smallest absolute Gasteiger partial charge is 0.325 e. The van der Waals surface area contributed by atoms with Gasteiger partial charge in [-0.2, -0.15) is 13.2 Å². The molecule has 1 aliphatic rings. The minimum absolute atomic E-state index is 0.0937. The minimum atomic E-state index is -4.48. The van der Waals surface area contributed by atoms with Gasteiger partial charge in [0.2, 0.25) is 5.91 Å². The van der Waals surface area contributed by atoms with Crippen molar-refractivity contribution in [2.45, 2.75) is 42.4 Å².